The lowest BCUT2D eigenvalue weighted by Crippen LogP contribution is -2.40. The Balaban J connectivity index is 2.20. The number of likely N-dealkylation sites (N-methyl/N-ethyl adjacent to an activating group) is 1. The van der Waals surface area contributed by atoms with Crippen LogP contribution >= 0.6 is 0 Å². The summed E-state index contributed by atoms with van der Waals surface area (Å²) in [7, 11) is 1.73. The molecule has 104 valence electrons. The van der Waals surface area contributed by atoms with Gasteiger partial charge in [0.25, 0.3) is 0 Å². The van der Waals surface area contributed by atoms with Gasteiger partial charge in [-0.25, -0.2) is 0 Å². The Kier molecular flexibility index (Phi) is 3.94. The normalized spacial score (nSPS) is 24.5. The van der Waals surface area contributed by atoms with E-state index in [0.717, 1.165) is 25.0 Å². The van der Waals surface area contributed by atoms with Gasteiger partial charge in [0.05, 0.1) is 11.6 Å². The first-order valence-electron chi connectivity index (χ1n) is 6.31. The van der Waals surface area contributed by atoms with Crippen molar-refractivity contribution in [1.29, 1.82) is 0 Å². The van der Waals surface area contributed by atoms with Crippen LogP contribution < -0.4 is 5.32 Å². The molecule has 0 saturated heterocycles. The Morgan fingerprint density at radius 1 is 1.16 bits per heavy atom. The van der Waals surface area contributed by atoms with Crippen molar-refractivity contribution in [2.75, 3.05) is 7.05 Å². The van der Waals surface area contributed by atoms with Gasteiger partial charge in [-0.05, 0) is 37.6 Å². The van der Waals surface area contributed by atoms with Gasteiger partial charge in [0, 0.05) is 5.92 Å². The number of hydrogen-bond acceptors (Lipinski definition) is 2. The van der Waals surface area contributed by atoms with Crippen LogP contribution in [0.2, 0.25) is 0 Å². The molecular formula is C14H16F3NO. The van der Waals surface area contributed by atoms with Gasteiger partial charge in [0.2, 0.25) is 0 Å². The van der Waals surface area contributed by atoms with Crippen LogP contribution in [0.25, 0.3) is 0 Å². The van der Waals surface area contributed by atoms with Crippen molar-refractivity contribution in [3.63, 3.8) is 0 Å². The minimum atomic E-state index is -4.33. The SMILES string of the molecule is CNC1CCCC(c2ccc(C(F)(F)F)cc2)C1=O. The standard InChI is InChI=1S/C14H16F3NO/c1-18-12-4-2-3-11(13(12)19)9-5-7-10(8-6-9)14(15,16)17/h5-8,11-12,18H,2-4H2,1H3. The predicted octanol–water partition coefficient (Wildman–Crippen LogP) is 3.13. The van der Waals surface area contributed by atoms with Crippen molar-refractivity contribution < 1.29 is 18.0 Å². The molecule has 2 unspecified atom stereocenters. The third-order valence-electron chi connectivity index (χ3n) is 3.66. The van der Waals surface area contributed by atoms with Crippen molar-refractivity contribution >= 4 is 5.78 Å². The quantitative estimate of drug-likeness (QED) is 0.895. The van der Waals surface area contributed by atoms with Crippen molar-refractivity contribution in [1.82, 2.24) is 5.32 Å². The number of halogens is 3. The maximum Gasteiger partial charge on any atom is 0.416 e. The van der Waals surface area contributed by atoms with Crippen molar-refractivity contribution in [2.24, 2.45) is 0 Å². The van der Waals surface area contributed by atoms with Crippen molar-refractivity contribution in [2.45, 2.75) is 37.4 Å². The lowest BCUT2D eigenvalue weighted by molar-refractivity contribution is -0.137. The summed E-state index contributed by atoms with van der Waals surface area (Å²) in [6.45, 7) is 0. The van der Waals surface area contributed by atoms with Crippen LogP contribution in [0.1, 0.15) is 36.3 Å². The molecule has 1 aliphatic carbocycles. The van der Waals surface area contributed by atoms with E-state index in [4.69, 9.17) is 0 Å². The van der Waals surface area contributed by atoms with E-state index < -0.39 is 11.7 Å². The van der Waals surface area contributed by atoms with Gasteiger partial charge >= 0.3 is 6.18 Å². The molecule has 1 aromatic carbocycles. The Bertz CT molecular complexity index is 453. The number of nitrogens with one attached hydrogen (secondary N) is 1. The number of Topliss-reactive ketones (excluding diaryl/α,β-unsaturated/α-hetero) is 1. The van der Waals surface area contributed by atoms with Gasteiger partial charge < -0.3 is 5.32 Å². The molecule has 0 aliphatic heterocycles. The van der Waals surface area contributed by atoms with Crippen molar-refractivity contribution in [3.8, 4) is 0 Å². The molecule has 5 heteroatoms. The monoisotopic (exact) mass is 271 g/mol. The molecule has 19 heavy (non-hydrogen) atoms. The first-order chi connectivity index (χ1) is 8.93. The summed E-state index contributed by atoms with van der Waals surface area (Å²) in [5, 5.41) is 2.96. The Morgan fingerprint density at radius 2 is 1.79 bits per heavy atom. The molecule has 1 aromatic rings. The number of alkyl halides is 3. The molecule has 0 aromatic heterocycles. The lowest BCUT2D eigenvalue weighted by atomic mass is 9.80. The molecule has 0 bridgehead atoms. The molecule has 1 N–H and O–H groups in total. The van der Waals surface area contributed by atoms with E-state index in [0.29, 0.717) is 12.0 Å². The van der Waals surface area contributed by atoms with Gasteiger partial charge in [-0.3, -0.25) is 4.79 Å². The number of benzene rings is 1. The summed E-state index contributed by atoms with van der Waals surface area (Å²) in [6, 6.07) is 4.75. The number of carbonyl (C=O) groups is 1. The second-order valence-electron chi connectivity index (χ2n) is 4.85. The largest absolute Gasteiger partial charge is 0.416 e. The summed E-state index contributed by atoms with van der Waals surface area (Å²) in [4.78, 5) is 12.2. The second-order valence-corrected chi connectivity index (χ2v) is 4.85. The molecule has 2 rings (SSSR count). The molecule has 1 aliphatic rings. The van der Waals surface area contributed by atoms with Crippen LogP contribution in [-0.2, 0) is 11.0 Å². The van der Waals surface area contributed by atoms with E-state index >= 15 is 0 Å². The maximum atomic E-state index is 12.5. The Morgan fingerprint density at radius 3 is 2.32 bits per heavy atom. The summed E-state index contributed by atoms with van der Waals surface area (Å²) in [5.74, 6) is -0.206. The molecule has 0 amide bonds. The third kappa shape index (κ3) is 2.97. The summed E-state index contributed by atoms with van der Waals surface area (Å²) >= 11 is 0. The fourth-order valence-corrected chi connectivity index (χ4v) is 2.58. The maximum absolute atomic E-state index is 12.5. The summed E-state index contributed by atoms with van der Waals surface area (Å²) in [6.07, 6.45) is -1.92. The highest BCUT2D eigenvalue weighted by molar-refractivity contribution is 5.91. The van der Waals surface area contributed by atoms with Crippen LogP contribution in [0.4, 0.5) is 13.2 Å². The molecular weight excluding hydrogens is 255 g/mol. The zero-order valence-electron chi connectivity index (χ0n) is 10.6. The van der Waals surface area contributed by atoms with Crippen molar-refractivity contribution in [3.05, 3.63) is 35.4 Å². The zero-order valence-corrected chi connectivity index (χ0v) is 10.6. The first-order valence-corrected chi connectivity index (χ1v) is 6.31. The predicted molar refractivity (Wildman–Crippen MR) is 65.9 cm³/mol. The van der Waals surface area contributed by atoms with Gasteiger partial charge in [-0.2, -0.15) is 13.2 Å². The number of rotatable bonds is 2. The topological polar surface area (TPSA) is 29.1 Å². The second kappa shape index (κ2) is 5.33. The fourth-order valence-electron chi connectivity index (χ4n) is 2.58. The number of carbonyl (C=O) groups excluding carboxylic acids is 1. The minimum Gasteiger partial charge on any atom is -0.311 e. The van der Waals surface area contributed by atoms with Crippen LogP contribution in [0.3, 0.4) is 0 Å². The molecule has 0 radical (unpaired) electrons. The molecule has 1 saturated carbocycles. The van der Waals surface area contributed by atoms with E-state index in [2.05, 4.69) is 5.32 Å². The molecule has 0 heterocycles. The highest BCUT2D eigenvalue weighted by Gasteiger charge is 2.33. The Labute approximate surface area is 110 Å². The molecule has 1 fully saturated rings. The van der Waals surface area contributed by atoms with E-state index in [-0.39, 0.29) is 17.7 Å². The van der Waals surface area contributed by atoms with Crippen LogP contribution in [0.5, 0.6) is 0 Å². The lowest BCUT2D eigenvalue weighted by Gasteiger charge is -2.27. The summed E-state index contributed by atoms with van der Waals surface area (Å²) < 4.78 is 37.4. The average molecular weight is 271 g/mol. The highest BCUT2D eigenvalue weighted by atomic mass is 19.4. The minimum absolute atomic E-state index is 0.0773. The van der Waals surface area contributed by atoms with Gasteiger partial charge in [-0.1, -0.05) is 18.6 Å². The van der Waals surface area contributed by atoms with E-state index in [1.807, 2.05) is 0 Å². The van der Waals surface area contributed by atoms with E-state index in [1.165, 1.54) is 12.1 Å². The van der Waals surface area contributed by atoms with E-state index in [9.17, 15) is 18.0 Å². The van der Waals surface area contributed by atoms with Gasteiger partial charge in [0.1, 0.15) is 0 Å². The van der Waals surface area contributed by atoms with E-state index in [1.54, 1.807) is 7.05 Å². The third-order valence-corrected chi connectivity index (χ3v) is 3.66. The number of hydrogen-bond donors (Lipinski definition) is 1. The molecule has 2 atom stereocenters. The smallest absolute Gasteiger partial charge is 0.311 e. The van der Waals surface area contributed by atoms with Gasteiger partial charge in [-0.15, -0.1) is 0 Å². The van der Waals surface area contributed by atoms with Crippen LogP contribution in [0, 0.1) is 0 Å². The average Bonchev–Trinajstić information content (AvgIpc) is 2.38. The van der Waals surface area contributed by atoms with Gasteiger partial charge in [0.15, 0.2) is 5.78 Å². The fraction of sp³-hybridized carbons (Fsp3) is 0.500. The van der Waals surface area contributed by atoms with Crippen LogP contribution in [0.15, 0.2) is 24.3 Å². The zero-order chi connectivity index (χ0) is 14.0. The molecule has 0 spiro atoms. The Hall–Kier alpha value is -1.36. The summed E-state index contributed by atoms with van der Waals surface area (Å²) in [5.41, 5.74) is 0.00243. The highest BCUT2D eigenvalue weighted by Crippen LogP contribution is 2.33. The van der Waals surface area contributed by atoms with Crippen LogP contribution in [-0.4, -0.2) is 18.9 Å². The number of ketones is 1. The molecule has 2 nitrogen and oxygen atoms in total. The first kappa shape index (κ1) is 14.1.